The summed E-state index contributed by atoms with van der Waals surface area (Å²) in [6.45, 7) is 2.89. The zero-order valence-corrected chi connectivity index (χ0v) is 10.2. The number of anilines is 1. The van der Waals surface area contributed by atoms with E-state index in [9.17, 15) is 9.59 Å². The molecule has 1 heterocycles. The first-order valence-corrected chi connectivity index (χ1v) is 6.17. The number of aromatic nitrogens is 3. The van der Waals surface area contributed by atoms with Gasteiger partial charge in [-0.3, -0.25) is 9.78 Å². The van der Waals surface area contributed by atoms with E-state index in [-0.39, 0.29) is 5.82 Å². The predicted octanol–water partition coefficient (Wildman–Crippen LogP) is 1.23. The highest BCUT2D eigenvalue weighted by atomic mass is 16.2. The second-order valence-electron chi connectivity index (χ2n) is 4.05. The summed E-state index contributed by atoms with van der Waals surface area (Å²) in [4.78, 5) is 24.1. The lowest BCUT2D eigenvalue weighted by molar-refractivity contribution is 0.616. The van der Waals surface area contributed by atoms with Crippen molar-refractivity contribution in [3.05, 3.63) is 20.8 Å². The molecule has 6 heteroatoms. The van der Waals surface area contributed by atoms with Crippen molar-refractivity contribution in [2.75, 3.05) is 11.9 Å². The third kappa shape index (κ3) is 5.33. The van der Waals surface area contributed by atoms with Gasteiger partial charge in [0.25, 0.3) is 5.56 Å². The number of nitrogens with zero attached hydrogens (tertiary/aromatic N) is 1. The first-order valence-electron chi connectivity index (χ1n) is 6.17. The minimum absolute atomic E-state index is 0.179. The number of nitrogens with one attached hydrogen (secondary N) is 3. The minimum atomic E-state index is -0.583. The maximum absolute atomic E-state index is 11.2. The molecule has 1 aromatic rings. The van der Waals surface area contributed by atoms with Gasteiger partial charge in [-0.15, -0.1) is 5.10 Å². The molecule has 6 nitrogen and oxygen atoms in total. The third-order valence-corrected chi connectivity index (χ3v) is 2.53. The average molecular weight is 240 g/mol. The summed E-state index contributed by atoms with van der Waals surface area (Å²) in [5.74, 6) is 0.179. The molecule has 0 saturated heterocycles. The van der Waals surface area contributed by atoms with Crippen LogP contribution >= 0.6 is 0 Å². The van der Waals surface area contributed by atoms with Crippen LogP contribution in [0.5, 0.6) is 0 Å². The molecule has 0 atom stereocenters. The van der Waals surface area contributed by atoms with Crippen molar-refractivity contribution in [3.8, 4) is 0 Å². The highest BCUT2D eigenvalue weighted by Gasteiger charge is 1.99. The Labute approximate surface area is 99.9 Å². The quantitative estimate of drug-likeness (QED) is 0.596. The van der Waals surface area contributed by atoms with Gasteiger partial charge in [0, 0.05) is 6.54 Å². The summed E-state index contributed by atoms with van der Waals surface area (Å²) in [5.41, 5.74) is -1.06. The summed E-state index contributed by atoms with van der Waals surface area (Å²) >= 11 is 0. The van der Waals surface area contributed by atoms with Crippen LogP contribution in [0.25, 0.3) is 0 Å². The number of unbranched alkanes of at least 4 members (excludes halogenated alkanes) is 5. The van der Waals surface area contributed by atoms with Crippen LogP contribution in [0.15, 0.2) is 9.59 Å². The molecule has 3 N–H and O–H groups in total. The van der Waals surface area contributed by atoms with E-state index in [0.717, 1.165) is 12.8 Å². The second kappa shape index (κ2) is 7.65. The molecule has 0 aliphatic rings. The van der Waals surface area contributed by atoms with E-state index in [1.54, 1.807) is 0 Å². The molecule has 0 aliphatic heterocycles. The molecule has 0 radical (unpaired) electrons. The first kappa shape index (κ1) is 13.5. The molecule has 0 bridgehead atoms. The largest absolute Gasteiger partial charge is 0.364 e. The normalized spacial score (nSPS) is 10.4. The lowest BCUT2D eigenvalue weighted by atomic mass is 10.1. The van der Waals surface area contributed by atoms with Gasteiger partial charge in [-0.2, -0.15) is 0 Å². The molecule has 1 rings (SSSR count). The van der Waals surface area contributed by atoms with Gasteiger partial charge in [0.1, 0.15) is 0 Å². The molecule has 96 valence electrons. The summed E-state index contributed by atoms with van der Waals surface area (Å²) in [5, 5.41) is 8.72. The Kier molecular flexibility index (Phi) is 6.06. The Balaban J connectivity index is 2.18. The Morgan fingerprint density at radius 2 is 1.82 bits per heavy atom. The smallest absolute Gasteiger partial charge is 0.342 e. The fourth-order valence-corrected chi connectivity index (χ4v) is 1.58. The van der Waals surface area contributed by atoms with E-state index >= 15 is 0 Å². The molecule has 0 aromatic carbocycles. The number of hydrogen-bond acceptors (Lipinski definition) is 4. The highest BCUT2D eigenvalue weighted by molar-refractivity contribution is 5.28. The van der Waals surface area contributed by atoms with Gasteiger partial charge in [0.2, 0.25) is 5.82 Å². The van der Waals surface area contributed by atoms with Gasteiger partial charge < -0.3 is 5.32 Å². The van der Waals surface area contributed by atoms with Gasteiger partial charge in [-0.1, -0.05) is 39.0 Å². The van der Waals surface area contributed by atoms with Crippen LogP contribution in [0.1, 0.15) is 45.4 Å². The molecular formula is C11H20N4O2. The number of hydrogen-bond donors (Lipinski definition) is 3. The van der Waals surface area contributed by atoms with Crippen LogP contribution < -0.4 is 16.6 Å². The Morgan fingerprint density at radius 3 is 2.53 bits per heavy atom. The van der Waals surface area contributed by atoms with Crippen molar-refractivity contribution in [3.63, 3.8) is 0 Å². The van der Waals surface area contributed by atoms with E-state index < -0.39 is 11.2 Å². The van der Waals surface area contributed by atoms with Crippen LogP contribution in [0.3, 0.4) is 0 Å². The van der Waals surface area contributed by atoms with Crippen LogP contribution in [-0.2, 0) is 0 Å². The van der Waals surface area contributed by atoms with E-state index in [1.807, 2.05) is 0 Å². The van der Waals surface area contributed by atoms with Gasteiger partial charge in [-0.25, -0.2) is 9.89 Å². The van der Waals surface area contributed by atoms with E-state index in [0.29, 0.717) is 6.54 Å². The molecule has 0 amide bonds. The first-order chi connectivity index (χ1) is 8.24. The SMILES string of the molecule is CCCCCCCCNc1n[nH]c(=O)[nH]c1=O. The average Bonchev–Trinajstić information content (AvgIpc) is 2.30. The van der Waals surface area contributed by atoms with E-state index in [1.165, 1.54) is 25.7 Å². The highest BCUT2D eigenvalue weighted by Crippen LogP contribution is 2.04. The van der Waals surface area contributed by atoms with Crippen LogP contribution in [0, 0.1) is 0 Å². The Morgan fingerprint density at radius 1 is 1.12 bits per heavy atom. The zero-order valence-electron chi connectivity index (χ0n) is 10.2. The van der Waals surface area contributed by atoms with Crippen molar-refractivity contribution in [1.29, 1.82) is 0 Å². The number of rotatable bonds is 8. The van der Waals surface area contributed by atoms with Gasteiger partial charge >= 0.3 is 5.69 Å². The van der Waals surface area contributed by atoms with E-state index in [2.05, 4.69) is 27.4 Å². The van der Waals surface area contributed by atoms with E-state index in [4.69, 9.17) is 0 Å². The molecule has 17 heavy (non-hydrogen) atoms. The summed E-state index contributed by atoms with van der Waals surface area (Å²) in [7, 11) is 0. The van der Waals surface area contributed by atoms with Crippen LogP contribution in [0.4, 0.5) is 5.82 Å². The fraction of sp³-hybridized carbons (Fsp3) is 0.727. The second-order valence-corrected chi connectivity index (χ2v) is 4.05. The summed E-state index contributed by atoms with van der Waals surface area (Å²) in [6.07, 6.45) is 7.18. The maximum Gasteiger partial charge on any atom is 0.342 e. The third-order valence-electron chi connectivity index (χ3n) is 2.53. The van der Waals surface area contributed by atoms with Gasteiger partial charge in [0.05, 0.1) is 0 Å². The molecular weight excluding hydrogens is 220 g/mol. The minimum Gasteiger partial charge on any atom is -0.364 e. The number of H-pyrrole nitrogens is 2. The lowest BCUT2D eigenvalue weighted by Gasteiger charge is -2.03. The molecule has 0 aliphatic carbocycles. The summed E-state index contributed by atoms with van der Waals surface area (Å²) < 4.78 is 0. The van der Waals surface area contributed by atoms with Crippen LogP contribution in [-0.4, -0.2) is 21.7 Å². The molecule has 1 aromatic heterocycles. The lowest BCUT2D eigenvalue weighted by Crippen LogP contribution is -2.27. The number of aromatic amines is 2. The van der Waals surface area contributed by atoms with Crippen molar-refractivity contribution >= 4 is 5.82 Å². The topological polar surface area (TPSA) is 90.6 Å². The van der Waals surface area contributed by atoms with Crippen LogP contribution in [0.2, 0.25) is 0 Å². The van der Waals surface area contributed by atoms with Gasteiger partial charge in [-0.05, 0) is 6.42 Å². The predicted molar refractivity (Wildman–Crippen MR) is 67.3 cm³/mol. The molecule has 0 fully saturated rings. The van der Waals surface area contributed by atoms with Gasteiger partial charge in [0.15, 0.2) is 0 Å². The van der Waals surface area contributed by atoms with Crippen molar-refractivity contribution in [2.24, 2.45) is 0 Å². The van der Waals surface area contributed by atoms with Crippen molar-refractivity contribution < 1.29 is 0 Å². The van der Waals surface area contributed by atoms with Crippen molar-refractivity contribution in [1.82, 2.24) is 15.2 Å². The standard InChI is InChI=1S/C11H20N4O2/c1-2-3-4-5-6-7-8-12-9-10(16)13-11(17)15-14-9/h2-8H2,1H3,(H,12,14)(H2,13,15,16,17). The summed E-state index contributed by atoms with van der Waals surface area (Å²) in [6, 6.07) is 0. The Hall–Kier alpha value is -1.59. The molecule has 0 saturated carbocycles. The molecule has 0 unspecified atom stereocenters. The monoisotopic (exact) mass is 240 g/mol. The zero-order chi connectivity index (χ0) is 12.5. The molecule has 0 spiro atoms. The maximum atomic E-state index is 11.2. The van der Waals surface area contributed by atoms with Crippen molar-refractivity contribution in [2.45, 2.75) is 45.4 Å². The Bertz CT molecular complexity index is 424. The fourth-order valence-electron chi connectivity index (χ4n) is 1.58.